The van der Waals surface area contributed by atoms with Gasteiger partial charge in [0.15, 0.2) is 5.13 Å². The first-order valence-electron chi connectivity index (χ1n) is 8.80. The highest BCUT2D eigenvalue weighted by molar-refractivity contribution is 9.09. The van der Waals surface area contributed by atoms with Crippen molar-refractivity contribution in [2.75, 3.05) is 5.32 Å². The molecule has 28 heavy (non-hydrogen) atoms. The zero-order valence-corrected chi connectivity index (χ0v) is 16.7. The third-order valence-corrected chi connectivity index (χ3v) is 7.87. The van der Waals surface area contributed by atoms with Crippen LogP contribution in [0.1, 0.15) is 6.42 Å². The predicted octanol–water partition coefficient (Wildman–Crippen LogP) is 3.23. The maximum atomic E-state index is 12.9. The predicted molar refractivity (Wildman–Crippen MR) is 104 cm³/mol. The third kappa shape index (κ3) is 2.58. The fourth-order valence-electron chi connectivity index (χ4n) is 4.76. The summed E-state index contributed by atoms with van der Waals surface area (Å²) in [6.07, 6.45) is 0.693. The first-order chi connectivity index (χ1) is 13.4. The molecule has 1 aliphatic heterocycles. The maximum absolute atomic E-state index is 12.9. The van der Waals surface area contributed by atoms with Crippen LogP contribution in [0.2, 0.25) is 0 Å². The van der Waals surface area contributed by atoms with E-state index in [4.69, 9.17) is 4.74 Å². The molecule has 3 fully saturated rings. The number of alkyl halides is 1. The second-order valence-electron chi connectivity index (χ2n) is 7.30. The van der Waals surface area contributed by atoms with E-state index < -0.39 is 10.8 Å². The van der Waals surface area contributed by atoms with E-state index >= 15 is 0 Å². The minimum atomic E-state index is -0.460. The van der Waals surface area contributed by atoms with E-state index in [1.165, 1.54) is 23.5 Å². The molecule has 1 N–H and O–H groups in total. The molecule has 2 heterocycles. The number of carbonyl (C=O) groups is 2. The number of anilines is 1. The van der Waals surface area contributed by atoms with Crippen molar-refractivity contribution in [3.05, 3.63) is 39.8 Å². The van der Waals surface area contributed by atoms with Gasteiger partial charge in [-0.25, -0.2) is 4.98 Å². The number of non-ortho nitro benzene ring substituents is 1. The number of fused-ring (bicyclic) bond motifs is 1. The Morgan fingerprint density at radius 1 is 1.39 bits per heavy atom. The first-order valence-corrected chi connectivity index (χ1v) is 10.6. The van der Waals surface area contributed by atoms with Gasteiger partial charge in [-0.3, -0.25) is 19.7 Å². The van der Waals surface area contributed by atoms with Crippen LogP contribution in [0.5, 0.6) is 0 Å². The molecule has 1 aromatic heterocycles. The Labute approximate surface area is 171 Å². The highest BCUT2D eigenvalue weighted by atomic mass is 79.9. The molecule has 5 rings (SSSR count). The van der Waals surface area contributed by atoms with Crippen LogP contribution in [0.15, 0.2) is 29.6 Å². The third-order valence-electron chi connectivity index (χ3n) is 5.91. The van der Waals surface area contributed by atoms with Gasteiger partial charge in [-0.2, -0.15) is 0 Å². The number of benzene rings is 1. The number of esters is 1. The number of ether oxygens (including phenoxy) is 1. The summed E-state index contributed by atoms with van der Waals surface area (Å²) in [5.41, 5.74) is 1.14. The van der Waals surface area contributed by atoms with E-state index in [1.54, 1.807) is 17.5 Å². The molecule has 2 aromatic rings. The van der Waals surface area contributed by atoms with E-state index in [0.29, 0.717) is 16.4 Å². The van der Waals surface area contributed by atoms with E-state index in [1.807, 2.05) is 0 Å². The number of amides is 1. The summed E-state index contributed by atoms with van der Waals surface area (Å²) < 4.78 is 5.44. The molecule has 3 aliphatic rings. The quantitative estimate of drug-likeness (QED) is 0.322. The largest absolute Gasteiger partial charge is 0.461 e. The van der Waals surface area contributed by atoms with E-state index in [0.717, 1.165) is 6.42 Å². The molecule has 1 amide bonds. The lowest BCUT2D eigenvalue weighted by atomic mass is 9.79. The highest BCUT2D eigenvalue weighted by Gasteiger charge is 2.67. The fourth-order valence-corrected chi connectivity index (χ4v) is 6.53. The molecule has 144 valence electrons. The number of rotatable bonds is 4. The van der Waals surface area contributed by atoms with Gasteiger partial charge < -0.3 is 10.1 Å². The number of hydrogen-bond acceptors (Lipinski definition) is 7. The zero-order valence-electron chi connectivity index (χ0n) is 14.3. The van der Waals surface area contributed by atoms with Crippen LogP contribution < -0.4 is 5.32 Å². The topological polar surface area (TPSA) is 111 Å². The van der Waals surface area contributed by atoms with Crippen molar-refractivity contribution in [2.24, 2.45) is 23.7 Å². The van der Waals surface area contributed by atoms with Crippen molar-refractivity contribution >= 4 is 50.0 Å². The van der Waals surface area contributed by atoms with Crippen molar-refractivity contribution < 1.29 is 19.2 Å². The molecule has 2 aliphatic carbocycles. The van der Waals surface area contributed by atoms with Crippen LogP contribution in [0.3, 0.4) is 0 Å². The Morgan fingerprint density at radius 2 is 2.21 bits per heavy atom. The molecular weight excluding hydrogens is 450 g/mol. The number of halogens is 1. The average Bonchev–Trinajstić information content (AvgIpc) is 3.40. The minimum absolute atomic E-state index is 0.00711. The second-order valence-corrected chi connectivity index (χ2v) is 9.21. The van der Waals surface area contributed by atoms with E-state index in [9.17, 15) is 19.7 Å². The van der Waals surface area contributed by atoms with Crippen LogP contribution in [0.4, 0.5) is 10.8 Å². The fraction of sp³-hybridized carbons (Fsp3) is 0.389. The van der Waals surface area contributed by atoms with Crippen LogP contribution >= 0.6 is 27.3 Å². The average molecular weight is 464 g/mol. The molecule has 1 saturated heterocycles. The number of nitro groups is 1. The summed E-state index contributed by atoms with van der Waals surface area (Å²) in [5.74, 6) is -1.13. The summed E-state index contributed by atoms with van der Waals surface area (Å²) >= 11 is 4.84. The SMILES string of the molecule is O=C(Nc1nc(-c2cccc([N+](=O)[O-])c2)cs1)[C@@H]1[C@H]2C[C@H]3[C@H](OC(=O)[C@H]31)[C@@H]2Br. The second kappa shape index (κ2) is 6.35. The Bertz CT molecular complexity index is 1010. The summed E-state index contributed by atoms with van der Waals surface area (Å²) in [6, 6.07) is 6.19. The number of aromatic nitrogens is 1. The van der Waals surface area contributed by atoms with Gasteiger partial charge in [0.2, 0.25) is 5.91 Å². The van der Waals surface area contributed by atoms with Crippen molar-refractivity contribution in [3.8, 4) is 11.3 Å². The van der Waals surface area contributed by atoms with Gasteiger partial charge in [-0.1, -0.05) is 28.1 Å². The Kier molecular flexibility index (Phi) is 4.02. The number of thiazole rings is 1. The minimum Gasteiger partial charge on any atom is -0.461 e. The van der Waals surface area contributed by atoms with Gasteiger partial charge in [-0.05, 0) is 12.3 Å². The van der Waals surface area contributed by atoms with Gasteiger partial charge in [0.1, 0.15) is 6.10 Å². The van der Waals surface area contributed by atoms with Gasteiger partial charge in [-0.15, -0.1) is 11.3 Å². The summed E-state index contributed by atoms with van der Waals surface area (Å²) in [5, 5.41) is 15.9. The summed E-state index contributed by atoms with van der Waals surface area (Å²) in [7, 11) is 0. The number of carbonyl (C=O) groups excluding carboxylic acids is 2. The lowest BCUT2D eigenvalue weighted by Crippen LogP contribution is -2.40. The summed E-state index contributed by atoms with van der Waals surface area (Å²) in [6.45, 7) is 0. The smallest absolute Gasteiger partial charge is 0.310 e. The Morgan fingerprint density at radius 3 is 3.00 bits per heavy atom. The van der Waals surface area contributed by atoms with Crippen molar-refractivity contribution in [2.45, 2.75) is 17.4 Å². The molecule has 2 saturated carbocycles. The van der Waals surface area contributed by atoms with Crippen LogP contribution in [0, 0.1) is 33.8 Å². The van der Waals surface area contributed by atoms with Crippen LogP contribution in [-0.4, -0.2) is 32.7 Å². The molecule has 1 aromatic carbocycles. The van der Waals surface area contributed by atoms with Gasteiger partial charge in [0, 0.05) is 29.0 Å². The van der Waals surface area contributed by atoms with Crippen molar-refractivity contribution in [1.82, 2.24) is 4.98 Å². The van der Waals surface area contributed by atoms with E-state index in [-0.39, 0.29) is 46.2 Å². The zero-order chi connectivity index (χ0) is 19.6. The maximum Gasteiger partial charge on any atom is 0.310 e. The van der Waals surface area contributed by atoms with Crippen molar-refractivity contribution in [3.63, 3.8) is 0 Å². The van der Waals surface area contributed by atoms with Gasteiger partial charge in [0.05, 0.1) is 27.3 Å². The van der Waals surface area contributed by atoms with Gasteiger partial charge >= 0.3 is 5.97 Å². The lowest BCUT2D eigenvalue weighted by molar-refractivity contribution is -0.384. The van der Waals surface area contributed by atoms with Crippen LogP contribution in [0.25, 0.3) is 11.3 Å². The van der Waals surface area contributed by atoms with Crippen molar-refractivity contribution in [1.29, 1.82) is 0 Å². The standard InChI is InChI=1S/C18H14BrN3O5S/c19-14-9-5-10-13(17(24)27-15(10)14)12(9)16(23)21-18-20-11(6-28-18)7-2-1-3-8(4-7)22(25)26/h1-4,6,9-10,12-15H,5H2,(H,20,21,23)/t9-,10-,12-,13-,14-,15+/m1/s1. The number of nitrogens with zero attached hydrogens (tertiary/aromatic N) is 2. The molecule has 6 atom stereocenters. The molecule has 0 unspecified atom stereocenters. The Balaban J connectivity index is 1.35. The number of nitrogens with one attached hydrogen (secondary N) is 1. The number of hydrogen-bond donors (Lipinski definition) is 1. The Hall–Kier alpha value is -2.33. The number of nitro benzene ring substituents is 1. The highest BCUT2D eigenvalue weighted by Crippen LogP contribution is 2.60. The molecular formula is C18H14BrN3O5S. The normalized spacial score (nSPS) is 32.4. The molecule has 0 radical (unpaired) electrons. The molecule has 8 nitrogen and oxygen atoms in total. The molecule has 10 heteroatoms. The molecule has 0 spiro atoms. The van der Waals surface area contributed by atoms with Gasteiger partial charge in [0.25, 0.3) is 5.69 Å². The lowest BCUT2D eigenvalue weighted by Gasteiger charge is -2.27. The first kappa shape index (κ1) is 17.7. The monoisotopic (exact) mass is 463 g/mol. The summed E-state index contributed by atoms with van der Waals surface area (Å²) in [4.78, 5) is 40.0. The van der Waals surface area contributed by atoms with E-state index in [2.05, 4.69) is 26.2 Å². The van der Waals surface area contributed by atoms with Crippen LogP contribution in [-0.2, 0) is 14.3 Å². The molecule has 2 bridgehead atoms.